The number of carbonyl (C=O) groups is 2. The highest BCUT2D eigenvalue weighted by molar-refractivity contribution is 6.07. The number of methoxy groups -OCH3 is 2. The van der Waals surface area contributed by atoms with Crippen LogP contribution in [0.3, 0.4) is 0 Å². The number of para-hydroxylation sites is 1. The number of hydrogen-bond donors (Lipinski definition) is 0. The van der Waals surface area contributed by atoms with Crippen molar-refractivity contribution < 1.29 is 24.0 Å². The minimum absolute atomic E-state index is 0.0726. The van der Waals surface area contributed by atoms with Gasteiger partial charge in [-0.1, -0.05) is 54.6 Å². The summed E-state index contributed by atoms with van der Waals surface area (Å²) in [5.41, 5.74) is 2.17. The van der Waals surface area contributed by atoms with Crippen molar-refractivity contribution in [3.8, 4) is 16.9 Å². The van der Waals surface area contributed by atoms with Crippen LogP contribution in [0.2, 0.25) is 0 Å². The predicted molar refractivity (Wildman–Crippen MR) is 152 cm³/mol. The van der Waals surface area contributed by atoms with Gasteiger partial charge in [0.25, 0.3) is 5.69 Å². The molecule has 0 spiro atoms. The summed E-state index contributed by atoms with van der Waals surface area (Å²) in [6.07, 6.45) is 0. The van der Waals surface area contributed by atoms with Gasteiger partial charge in [-0.25, -0.2) is 14.3 Å². The fourth-order valence-electron chi connectivity index (χ4n) is 5.03. The Kier molecular flexibility index (Phi) is 8.06. The number of esters is 2. The molecule has 1 aromatic heterocycles. The van der Waals surface area contributed by atoms with Crippen LogP contribution in [-0.4, -0.2) is 71.9 Å². The van der Waals surface area contributed by atoms with Crippen LogP contribution in [-0.2, 0) is 16.0 Å². The monoisotopic (exact) mass is 555 g/mol. The number of anilines is 1. The van der Waals surface area contributed by atoms with Gasteiger partial charge < -0.3 is 14.4 Å². The van der Waals surface area contributed by atoms with E-state index in [1.54, 1.807) is 42.5 Å². The van der Waals surface area contributed by atoms with E-state index in [0.717, 1.165) is 19.6 Å². The zero-order valence-corrected chi connectivity index (χ0v) is 22.7. The number of hydrogen-bond acceptors (Lipinski definition) is 9. The van der Waals surface area contributed by atoms with Crippen molar-refractivity contribution in [1.29, 1.82) is 0 Å². The summed E-state index contributed by atoms with van der Waals surface area (Å²) in [5.74, 6) is -1.61. The first kappa shape index (κ1) is 27.5. The van der Waals surface area contributed by atoms with E-state index in [9.17, 15) is 19.7 Å². The zero-order chi connectivity index (χ0) is 28.9. The average Bonchev–Trinajstić information content (AvgIpc) is 3.42. The molecule has 5 rings (SSSR count). The third kappa shape index (κ3) is 5.66. The van der Waals surface area contributed by atoms with Crippen molar-refractivity contribution in [2.45, 2.75) is 6.54 Å². The molecule has 41 heavy (non-hydrogen) atoms. The number of nitro benzene ring substituents is 1. The Morgan fingerprint density at radius 1 is 0.878 bits per heavy atom. The highest BCUT2D eigenvalue weighted by Gasteiger charge is 2.33. The van der Waals surface area contributed by atoms with Crippen LogP contribution in [0.5, 0.6) is 0 Å². The van der Waals surface area contributed by atoms with Gasteiger partial charge in [-0.15, -0.1) is 0 Å². The highest BCUT2D eigenvalue weighted by Crippen LogP contribution is 2.36. The summed E-state index contributed by atoms with van der Waals surface area (Å²) in [6.45, 7) is 3.57. The summed E-state index contributed by atoms with van der Waals surface area (Å²) < 4.78 is 11.2. The molecule has 1 saturated heterocycles. The Balaban J connectivity index is 1.51. The van der Waals surface area contributed by atoms with Crippen LogP contribution >= 0.6 is 0 Å². The minimum Gasteiger partial charge on any atom is -0.465 e. The molecule has 1 fully saturated rings. The van der Waals surface area contributed by atoms with Crippen molar-refractivity contribution >= 4 is 23.3 Å². The highest BCUT2D eigenvalue weighted by atomic mass is 16.6. The lowest BCUT2D eigenvalue weighted by atomic mass is 10.0. The van der Waals surface area contributed by atoms with E-state index in [1.807, 2.05) is 23.1 Å². The Morgan fingerprint density at radius 2 is 1.51 bits per heavy atom. The number of piperazine rings is 1. The van der Waals surface area contributed by atoms with Gasteiger partial charge in [0, 0.05) is 44.4 Å². The molecule has 0 saturated carbocycles. The number of benzene rings is 3. The molecule has 3 aromatic carbocycles. The molecular formula is C30H29N5O6. The summed E-state index contributed by atoms with van der Waals surface area (Å²) in [7, 11) is 2.39. The van der Waals surface area contributed by atoms with Crippen LogP contribution in [0, 0.1) is 10.1 Å². The van der Waals surface area contributed by atoms with E-state index in [1.165, 1.54) is 30.5 Å². The fourth-order valence-corrected chi connectivity index (χ4v) is 5.03. The topological polar surface area (TPSA) is 120 Å². The quantitative estimate of drug-likeness (QED) is 0.178. The number of nitrogens with zero attached hydrogens (tertiary/aromatic N) is 5. The van der Waals surface area contributed by atoms with E-state index >= 15 is 0 Å². The van der Waals surface area contributed by atoms with Gasteiger partial charge in [0.2, 0.25) is 0 Å². The third-order valence-corrected chi connectivity index (χ3v) is 7.06. The van der Waals surface area contributed by atoms with E-state index in [4.69, 9.17) is 9.47 Å². The molecule has 11 nitrogen and oxygen atoms in total. The lowest BCUT2D eigenvalue weighted by Crippen LogP contribution is -2.46. The lowest BCUT2D eigenvalue weighted by molar-refractivity contribution is -0.384. The molecule has 0 radical (unpaired) electrons. The largest absolute Gasteiger partial charge is 0.465 e. The molecule has 210 valence electrons. The van der Waals surface area contributed by atoms with E-state index in [2.05, 4.69) is 22.1 Å². The number of ether oxygens (including phenoxy) is 2. The minimum atomic E-state index is -0.816. The van der Waals surface area contributed by atoms with Crippen molar-refractivity contribution in [3.05, 3.63) is 106 Å². The van der Waals surface area contributed by atoms with Gasteiger partial charge in [0.1, 0.15) is 16.9 Å². The van der Waals surface area contributed by atoms with Gasteiger partial charge in [0.05, 0.1) is 24.8 Å². The van der Waals surface area contributed by atoms with Crippen LogP contribution in [0.1, 0.15) is 26.4 Å². The Labute approximate surface area is 236 Å². The van der Waals surface area contributed by atoms with Gasteiger partial charge >= 0.3 is 11.9 Å². The fraction of sp³-hybridized carbons (Fsp3) is 0.233. The predicted octanol–water partition coefficient (Wildman–Crippen LogP) is 4.34. The first-order valence-electron chi connectivity index (χ1n) is 13.1. The Bertz CT molecular complexity index is 1560. The maximum Gasteiger partial charge on any atom is 0.357 e. The Morgan fingerprint density at radius 3 is 2.12 bits per heavy atom. The molecule has 0 bridgehead atoms. The zero-order valence-electron chi connectivity index (χ0n) is 22.7. The standard InChI is InChI=1S/C30H29N5O6/c1-40-29(36)26-27(31-34(28(26)30(37)41-2)23-11-7-4-8-12-23)22-13-14-24(25(19-22)35(38)39)33-17-15-32(16-18-33)20-21-9-5-3-6-10-21/h3-14,19H,15-18,20H2,1-2H3. The van der Waals surface area contributed by atoms with Gasteiger partial charge in [0.15, 0.2) is 5.69 Å². The SMILES string of the molecule is COC(=O)c1c(-c2ccc(N3CCN(Cc4ccccc4)CC3)c([N+](=O)[O-])c2)nn(-c2ccccc2)c1C(=O)OC. The maximum absolute atomic E-state index is 13.0. The molecule has 11 heteroatoms. The second-order valence-electron chi connectivity index (χ2n) is 9.51. The summed E-state index contributed by atoms with van der Waals surface area (Å²) in [6, 6.07) is 23.7. The molecule has 4 aromatic rings. The molecule has 0 unspecified atom stereocenters. The smallest absolute Gasteiger partial charge is 0.357 e. The summed E-state index contributed by atoms with van der Waals surface area (Å²) >= 11 is 0. The third-order valence-electron chi connectivity index (χ3n) is 7.06. The van der Waals surface area contributed by atoms with Crippen LogP contribution < -0.4 is 4.90 Å². The van der Waals surface area contributed by atoms with Crippen molar-refractivity contribution in [2.75, 3.05) is 45.3 Å². The average molecular weight is 556 g/mol. The van der Waals surface area contributed by atoms with Gasteiger partial charge in [-0.05, 0) is 23.8 Å². The molecular weight excluding hydrogens is 526 g/mol. The van der Waals surface area contributed by atoms with Crippen LogP contribution in [0.15, 0.2) is 78.9 Å². The first-order valence-corrected chi connectivity index (χ1v) is 13.1. The molecule has 1 aliphatic heterocycles. The molecule has 2 heterocycles. The molecule has 0 aliphatic carbocycles. The van der Waals surface area contributed by atoms with E-state index in [-0.39, 0.29) is 22.6 Å². The second kappa shape index (κ2) is 12.0. The molecule has 0 atom stereocenters. The van der Waals surface area contributed by atoms with Crippen LogP contribution in [0.25, 0.3) is 16.9 Å². The normalized spacial score (nSPS) is 13.6. The number of aromatic nitrogens is 2. The van der Waals surface area contributed by atoms with Crippen molar-refractivity contribution in [3.63, 3.8) is 0 Å². The summed E-state index contributed by atoms with van der Waals surface area (Å²) in [5, 5.41) is 16.8. The van der Waals surface area contributed by atoms with E-state index < -0.39 is 16.9 Å². The molecule has 0 amide bonds. The summed E-state index contributed by atoms with van der Waals surface area (Å²) in [4.78, 5) is 41.9. The lowest BCUT2D eigenvalue weighted by Gasteiger charge is -2.35. The Hall–Kier alpha value is -5.03. The van der Waals surface area contributed by atoms with Crippen molar-refractivity contribution in [1.82, 2.24) is 14.7 Å². The molecule has 0 N–H and O–H groups in total. The number of carbonyl (C=O) groups excluding carboxylic acids is 2. The second-order valence-corrected chi connectivity index (χ2v) is 9.51. The van der Waals surface area contributed by atoms with E-state index in [0.29, 0.717) is 30.0 Å². The van der Waals surface area contributed by atoms with Crippen LogP contribution in [0.4, 0.5) is 11.4 Å². The molecule has 1 aliphatic rings. The number of rotatable bonds is 8. The van der Waals surface area contributed by atoms with Gasteiger partial charge in [-0.2, -0.15) is 5.10 Å². The number of nitro groups is 1. The maximum atomic E-state index is 13.0. The van der Waals surface area contributed by atoms with Crippen molar-refractivity contribution in [2.24, 2.45) is 0 Å². The van der Waals surface area contributed by atoms with Gasteiger partial charge in [-0.3, -0.25) is 15.0 Å². The first-order chi connectivity index (χ1) is 19.9.